The Bertz CT molecular complexity index is 434. The Morgan fingerprint density at radius 1 is 1.42 bits per heavy atom. The minimum atomic E-state index is 0.374. The monoisotopic (exact) mass is 264 g/mol. The Kier molecular flexibility index (Phi) is 4.58. The third-order valence-electron chi connectivity index (χ3n) is 3.78. The van der Waals surface area contributed by atoms with Gasteiger partial charge in [0.15, 0.2) is 0 Å². The Labute approximate surface area is 115 Å². The second kappa shape index (κ2) is 6.19. The van der Waals surface area contributed by atoms with E-state index in [2.05, 4.69) is 21.8 Å². The van der Waals surface area contributed by atoms with E-state index in [1.54, 1.807) is 7.11 Å². The predicted molar refractivity (Wildman–Crippen MR) is 77.4 cm³/mol. The minimum absolute atomic E-state index is 0.374. The van der Waals surface area contributed by atoms with Crippen molar-refractivity contribution in [1.82, 2.24) is 9.97 Å². The summed E-state index contributed by atoms with van der Waals surface area (Å²) in [5.74, 6) is 1.98. The molecule has 1 aromatic heterocycles. The number of hydrogen-bond donors (Lipinski definition) is 1. The average Bonchev–Trinajstić information content (AvgIpc) is 2.38. The fourth-order valence-corrected chi connectivity index (χ4v) is 2.91. The lowest BCUT2D eigenvalue weighted by molar-refractivity contribution is 0.143. The molecule has 1 aliphatic heterocycles. The fraction of sp³-hybridized carbons (Fsp3) is 0.714. The molecule has 0 aliphatic carbocycles. The van der Waals surface area contributed by atoms with Crippen molar-refractivity contribution < 1.29 is 4.74 Å². The highest BCUT2D eigenvalue weighted by molar-refractivity contribution is 5.52. The summed E-state index contributed by atoms with van der Waals surface area (Å²) in [6.07, 6.45) is 3.35. The molecule has 1 atom stereocenters. The molecule has 1 aromatic rings. The van der Waals surface area contributed by atoms with Gasteiger partial charge in [0.05, 0.1) is 6.61 Å². The number of aryl methyl sites for hydroxylation is 1. The van der Waals surface area contributed by atoms with Crippen LogP contribution in [0.2, 0.25) is 0 Å². The van der Waals surface area contributed by atoms with Gasteiger partial charge in [-0.1, -0.05) is 6.92 Å². The van der Waals surface area contributed by atoms with Crippen LogP contribution in [0.15, 0.2) is 0 Å². The van der Waals surface area contributed by atoms with Gasteiger partial charge >= 0.3 is 0 Å². The molecule has 106 valence electrons. The summed E-state index contributed by atoms with van der Waals surface area (Å²) in [6.45, 7) is 7.01. The van der Waals surface area contributed by atoms with Gasteiger partial charge in [0.25, 0.3) is 0 Å². The molecule has 2 rings (SSSR count). The van der Waals surface area contributed by atoms with Crippen LogP contribution in [-0.4, -0.2) is 36.8 Å². The molecule has 0 saturated carbocycles. The Morgan fingerprint density at radius 2 is 2.21 bits per heavy atom. The number of piperidine rings is 1. The van der Waals surface area contributed by atoms with Crippen LogP contribution in [0.1, 0.15) is 31.0 Å². The van der Waals surface area contributed by atoms with Crippen molar-refractivity contribution in [2.45, 2.75) is 33.1 Å². The molecule has 5 heteroatoms. The average molecular weight is 264 g/mol. The van der Waals surface area contributed by atoms with Crippen molar-refractivity contribution in [3.63, 3.8) is 0 Å². The van der Waals surface area contributed by atoms with E-state index in [-0.39, 0.29) is 0 Å². The second-order valence-corrected chi connectivity index (χ2v) is 5.23. The summed E-state index contributed by atoms with van der Waals surface area (Å²) in [4.78, 5) is 11.1. The van der Waals surface area contributed by atoms with Crippen LogP contribution in [0.4, 0.5) is 11.8 Å². The summed E-state index contributed by atoms with van der Waals surface area (Å²) in [7, 11) is 1.77. The van der Waals surface area contributed by atoms with Gasteiger partial charge in [0, 0.05) is 31.5 Å². The van der Waals surface area contributed by atoms with Gasteiger partial charge in [0.2, 0.25) is 5.95 Å². The summed E-state index contributed by atoms with van der Waals surface area (Å²) in [6, 6.07) is 0. The van der Waals surface area contributed by atoms with Crippen LogP contribution < -0.4 is 10.6 Å². The molecule has 0 bridgehead atoms. The minimum Gasteiger partial charge on any atom is -0.384 e. The van der Waals surface area contributed by atoms with Gasteiger partial charge in [-0.25, -0.2) is 4.98 Å². The lowest BCUT2D eigenvalue weighted by Crippen LogP contribution is -2.38. The highest BCUT2D eigenvalue weighted by atomic mass is 16.5. The molecule has 0 aromatic carbocycles. The van der Waals surface area contributed by atoms with Gasteiger partial charge in [0.1, 0.15) is 5.82 Å². The number of nitrogens with zero attached hydrogens (tertiary/aromatic N) is 3. The molecular formula is C14H24N4O. The summed E-state index contributed by atoms with van der Waals surface area (Å²) >= 11 is 0. The second-order valence-electron chi connectivity index (χ2n) is 5.23. The number of nitrogens with two attached hydrogens (primary N) is 1. The molecule has 5 nitrogen and oxygen atoms in total. The normalized spacial score (nSPS) is 19.7. The van der Waals surface area contributed by atoms with E-state index in [0.29, 0.717) is 11.9 Å². The highest BCUT2D eigenvalue weighted by Gasteiger charge is 2.23. The molecule has 2 heterocycles. The lowest BCUT2D eigenvalue weighted by Gasteiger charge is -2.34. The van der Waals surface area contributed by atoms with Crippen LogP contribution in [0.5, 0.6) is 0 Å². The lowest BCUT2D eigenvalue weighted by atomic mass is 9.98. The SMILES string of the molecule is CCc1c(C)nc(N)nc1N1CCC[C@@H](COC)C1. The molecule has 1 saturated heterocycles. The summed E-state index contributed by atoms with van der Waals surface area (Å²) in [5.41, 5.74) is 8.02. The zero-order valence-electron chi connectivity index (χ0n) is 12.1. The predicted octanol–water partition coefficient (Wildman–Crippen LogP) is 1.79. The quantitative estimate of drug-likeness (QED) is 0.898. The smallest absolute Gasteiger partial charge is 0.222 e. The summed E-state index contributed by atoms with van der Waals surface area (Å²) in [5, 5.41) is 0. The molecule has 19 heavy (non-hydrogen) atoms. The van der Waals surface area contributed by atoms with E-state index in [4.69, 9.17) is 10.5 Å². The van der Waals surface area contributed by atoms with Gasteiger partial charge in [-0.2, -0.15) is 4.98 Å². The van der Waals surface area contributed by atoms with Crippen molar-refractivity contribution in [2.75, 3.05) is 37.4 Å². The van der Waals surface area contributed by atoms with Crippen molar-refractivity contribution in [3.8, 4) is 0 Å². The van der Waals surface area contributed by atoms with E-state index < -0.39 is 0 Å². The van der Waals surface area contributed by atoms with Crippen molar-refractivity contribution in [2.24, 2.45) is 5.92 Å². The van der Waals surface area contributed by atoms with E-state index >= 15 is 0 Å². The third kappa shape index (κ3) is 3.15. The zero-order chi connectivity index (χ0) is 13.8. The molecule has 0 unspecified atom stereocenters. The number of hydrogen-bond acceptors (Lipinski definition) is 5. The van der Waals surface area contributed by atoms with Crippen LogP contribution in [0.25, 0.3) is 0 Å². The van der Waals surface area contributed by atoms with Crippen LogP contribution in [0.3, 0.4) is 0 Å². The molecule has 0 amide bonds. The maximum Gasteiger partial charge on any atom is 0.222 e. The standard InChI is InChI=1S/C14H24N4O/c1-4-12-10(2)16-14(15)17-13(12)18-7-5-6-11(8-18)9-19-3/h11H,4-9H2,1-3H3,(H2,15,16,17)/t11-/m1/s1. The summed E-state index contributed by atoms with van der Waals surface area (Å²) < 4.78 is 5.29. The first-order chi connectivity index (χ1) is 9.15. The fourth-order valence-electron chi connectivity index (χ4n) is 2.91. The molecule has 2 N–H and O–H groups in total. The number of aromatic nitrogens is 2. The van der Waals surface area contributed by atoms with E-state index in [1.165, 1.54) is 18.4 Å². The van der Waals surface area contributed by atoms with E-state index in [9.17, 15) is 0 Å². The van der Waals surface area contributed by atoms with Gasteiger partial charge in [-0.05, 0) is 32.1 Å². The third-order valence-corrected chi connectivity index (χ3v) is 3.78. The van der Waals surface area contributed by atoms with Gasteiger partial charge in [-0.15, -0.1) is 0 Å². The maximum absolute atomic E-state index is 5.81. The number of ether oxygens (including phenoxy) is 1. The van der Waals surface area contributed by atoms with Crippen LogP contribution in [-0.2, 0) is 11.2 Å². The number of anilines is 2. The van der Waals surface area contributed by atoms with E-state index in [0.717, 1.165) is 37.6 Å². The Hall–Kier alpha value is -1.36. The van der Waals surface area contributed by atoms with Crippen LogP contribution in [0, 0.1) is 12.8 Å². The van der Waals surface area contributed by atoms with E-state index in [1.807, 2.05) is 6.92 Å². The topological polar surface area (TPSA) is 64.3 Å². The first-order valence-electron chi connectivity index (χ1n) is 7.02. The maximum atomic E-state index is 5.81. The highest BCUT2D eigenvalue weighted by Crippen LogP contribution is 2.27. The zero-order valence-corrected chi connectivity index (χ0v) is 12.1. The molecule has 1 fully saturated rings. The van der Waals surface area contributed by atoms with Gasteiger partial charge < -0.3 is 15.4 Å². The van der Waals surface area contributed by atoms with Crippen molar-refractivity contribution in [3.05, 3.63) is 11.3 Å². The molecule has 0 radical (unpaired) electrons. The molecule has 1 aliphatic rings. The number of methoxy groups -OCH3 is 1. The Morgan fingerprint density at radius 3 is 2.89 bits per heavy atom. The first kappa shape index (κ1) is 14.1. The largest absolute Gasteiger partial charge is 0.384 e. The molecule has 0 spiro atoms. The van der Waals surface area contributed by atoms with Crippen LogP contribution >= 0.6 is 0 Å². The van der Waals surface area contributed by atoms with Gasteiger partial charge in [-0.3, -0.25) is 0 Å². The van der Waals surface area contributed by atoms with Crippen molar-refractivity contribution >= 4 is 11.8 Å². The first-order valence-corrected chi connectivity index (χ1v) is 7.02. The number of rotatable bonds is 4. The molecular weight excluding hydrogens is 240 g/mol. The Balaban J connectivity index is 2.25. The van der Waals surface area contributed by atoms with Crippen molar-refractivity contribution in [1.29, 1.82) is 0 Å². The number of nitrogen functional groups attached to an aromatic ring is 1.